The van der Waals surface area contributed by atoms with Gasteiger partial charge in [-0.3, -0.25) is 4.98 Å². The molecule has 0 spiro atoms. The van der Waals surface area contributed by atoms with Crippen LogP contribution in [0, 0.1) is 0 Å². The van der Waals surface area contributed by atoms with E-state index in [1.807, 2.05) is 37.4 Å². The van der Waals surface area contributed by atoms with Crippen molar-refractivity contribution in [1.82, 2.24) is 4.98 Å². The highest BCUT2D eigenvalue weighted by atomic mass is 32.1. The molecule has 1 heterocycles. The standard InChI is InChI=1S/C13H12N2OS/c1-2-16-8-11-6-12-10(7-14-11)4-3-5-13(12)15-9-17/h3-7H,2,8H2,1H3. The van der Waals surface area contributed by atoms with Crippen molar-refractivity contribution in [3.63, 3.8) is 0 Å². The molecule has 0 N–H and O–H groups in total. The Morgan fingerprint density at radius 3 is 3.12 bits per heavy atom. The van der Waals surface area contributed by atoms with E-state index in [1.54, 1.807) is 0 Å². The van der Waals surface area contributed by atoms with Gasteiger partial charge in [0.2, 0.25) is 0 Å². The quantitative estimate of drug-likeness (QED) is 0.609. The van der Waals surface area contributed by atoms with E-state index in [1.165, 1.54) is 0 Å². The first-order chi connectivity index (χ1) is 8.35. The molecule has 17 heavy (non-hydrogen) atoms. The lowest BCUT2D eigenvalue weighted by molar-refractivity contribution is 0.131. The Hall–Kier alpha value is -1.61. The molecular weight excluding hydrogens is 232 g/mol. The molecule has 4 heteroatoms. The summed E-state index contributed by atoms with van der Waals surface area (Å²) in [5, 5.41) is 4.46. The van der Waals surface area contributed by atoms with Crippen molar-refractivity contribution in [3.8, 4) is 0 Å². The third-order valence-electron chi connectivity index (χ3n) is 2.42. The van der Waals surface area contributed by atoms with Crippen LogP contribution in [0.4, 0.5) is 5.69 Å². The largest absolute Gasteiger partial charge is 0.375 e. The lowest BCUT2D eigenvalue weighted by Gasteiger charge is -2.04. The molecule has 0 fully saturated rings. The zero-order valence-electron chi connectivity index (χ0n) is 9.51. The number of thiocarbonyl (C=S) groups is 1. The fourth-order valence-corrected chi connectivity index (χ4v) is 1.73. The highest BCUT2D eigenvalue weighted by molar-refractivity contribution is 7.78. The van der Waals surface area contributed by atoms with Crippen LogP contribution in [-0.2, 0) is 11.3 Å². The monoisotopic (exact) mass is 244 g/mol. The summed E-state index contributed by atoms with van der Waals surface area (Å²) < 4.78 is 5.34. The van der Waals surface area contributed by atoms with E-state index in [2.05, 4.69) is 27.4 Å². The Morgan fingerprint density at radius 2 is 2.35 bits per heavy atom. The first kappa shape index (κ1) is 11.9. The fraction of sp³-hybridized carbons (Fsp3) is 0.231. The Balaban J connectivity index is 2.49. The Labute approximate surface area is 105 Å². The van der Waals surface area contributed by atoms with E-state index < -0.39 is 0 Å². The van der Waals surface area contributed by atoms with Crippen molar-refractivity contribution in [2.75, 3.05) is 6.61 Å². The summed E-state index contributed by atoms with van der Waals surface area (Å²) >= 11 is 4.64. The third-order valence-corrected chi connectivity index (χ3v) is 2.51. The van der Waals surface area contributed by atoms with Gasteiger partial charge in [0.15, 0.2) is 0 Å². The minimum absolute atomic E-state index is 0.516. The van der Waals surface area contributed by atoms with Crippen LogP contribution in [0.15, 0.2) is 35.5 Å². The zero-order chi connectivity index (χ0) is 12.1. The number of aromatic nitrogens is 1. The highest BCUT2D eigenvalue weighted by Gasteiger charge is 2.02. The van der Waals surface area contributed by atoms with E-state index in [0.717, 1.165) is 22.2 Å². The van der Waals surface area contributed by atoms with Gasteiger partial charge in [-0.05, 0) is 31.3 Å². The van der Waals surface area contributed by atoms with Gasteiger partial charge < -0.3 is 4.74 Å². The smallest absolute Gasteiger partial charge is 0.0887 e. The van der Waals surface area contributed by atoms with Crippen LogP contribution in [0.2, 0.25) is 0 Å². The Kier molecular flexibility index (Phi) is 3.94. The first-order valence-electron chi connectivity index (χ1n) is 5.38. The predicted octanol–water partition coefficient (Wildman–Crippen LogP) is 3.51. The number of aliphatic imine (C=N–C) groups is 1. The maximum absolute atomic E-state index is 5.34. The number of ether oxygens (including phenoxy) is 1. The molecule has 0 aliphatic heterocycles. The molecule has 0 bridgehead atoms. The third kappa shape index (κ3) is 2.74. The van der Waals surface area contributed by atoms with Crippen molar-refractivity contribution in [2.24, 2.45) is 4.99 Å². The molecule has 86 valence electrons. The van der Waals surface area contributed by atoms with Crippen molar-refractivity contribution in [1.29, 1.82) is 0 Å². The van der Waals surface area contributed by atoms with Gasteiger partial charge in [-0.1, -0.05) is 12.1 Å². The number of isothiocyanates is 1. The Morgan fingerprint density at radius 1 is 1.47 bits per heavy atom. The van der Waals surface area contributed by atoms with Gasteiger partial charge in [-0.15, -0.1) is 0 Å². The molecule has 0 atom stereocenters. The number of fused-ring (bicyclic) bond motifs is 1. The summed E-state index contributed by atoms with van der Waals surface area (Å²) in [5.41, 5.74) is 1.71. The van der Waals surface area contributed by atoms with Crippen LogP contribution in [0.1, 0.15) is 12.6 Å². The number of rotatable bonds is 4. The van der Waals surface area contributed by atoms with Gasteiger partial charge in [0.1, 0.15) is 0 Å². The minimum atomic E-state index is 0.516. The molecule has 1 aromatic heterocycles. The van der Waals surface area contributed by atoms with Gasteiger partial charge in [0.25, 0.3) is 0 Å². The maximum atomic E-state index is 5.34. The number of hydrogen-bond acceptors (Lipinski definition) is 4. The highest BCUT2D eigenvalue weighted by Crippen LogP contribution is 2.25. The molecule has 3 nitrogen and oxygen atoms in total. The molecule has 0 amide bonds. The van der Waals surface area contributed by atoms with E-state index >= 15 is 0 Å². The van der Waals surface area contributed by atoms with Crippen LogP contribution in [0.25, 0.3) is 10.8 Å². The maximum Gasteiger partial charge on any atom is 0.0887 e. The number of pyridine rings is 1. The Bertz CT molecular complexity index is 577. The lowest BCUT2D eigenvalue weighted by Crippen LogP contribution is -1.94. The van der Waals surface area contributed by atoms with Crippen LogP contribution in [0.3, 0.4) is 0 Å². The molecule has 1 aromatic carbocycles. The fourth-order valence-electron chi connectivity index (χ4n) is 1.63. The summed E-state index contributed by atoms with van der Waals surface area (Å²) in [6, 6.07) is 7.81. The van der Waals surface area contributed by atoms with Crippen molar-refractivity contribution < 1.29 is 4.74 Å². The van der Waals surface area contributed by atoms with Gasteiger partial charge in [-0.2, -0.15) is 4.99 Å². The summed E-state index contributed by atoms with van der Waals surface area (Å²) in [7, 11) is 0. The predicted molar refractivity (Wildman–Crippen MR) is 71.8 cm³/mol. The SMILES string of the molecule is CCOCc1cc2c(N=C=S)cccc2cn1. The summed E-state index contributed by atoms with van der Waals surface area (Å²) in [4.78, 5) is 8.38. The zero-order valence-corrected chi connectivity index (χ0v) is 10.3. The first-order valence-corrected chi connectivity index (χ1v) is 5.79. The molecule has 0 unspecified atom stereocenters. The second-order valence-electron chi connectivity index (χ2n) is 3.51. The molecule has 0 aliphatic carbocycles. The van der Waals surface area contributed by atoms with Crippen molar-refractivity contribution >= 4 is 33.8 Å². The lowest BCUT2D eigenvalue weighted by atomic mass is 10.1. The van der Waals surface area contributed by atoms with Gasteiger partial charge in [0.05, 0.1) is 23.1 Å². The molecule has 0 saturated heterocycles. The topological polar surface area (TPSA) is 34.5 Å². The average molecular weight is 244 g/mol. The van der Waals surface area contributed by atoms with E-state index in [-0.39, 0.29) is 0 Å². The van der Waals surface area contributed by atoms with E-state index in [0.29, 0.717) is 13.2 Å². The molecule has 2 aromatic rings. The van der Waals surface area contributed by atoms with E-state index in [4.69, 9.17) is 4.74 Å². The summed E-state index contributed by atoms with van der Waals surface area (Å²) in [6.07, 6.45) is 1.83. The molecule has 0 radical (unpaired) electrons. The normalized spacial score (nSPS) is 10.2. The number of hydrogen-bond donors (Lipinski definition) is 0. The van der Waals surface area contributed by atoms with E-state index in [9.17, 15) is 0 Å². The van der Waals surface area contributed by atoms with Crippen LogP contribution in [0.5, 0.6) is 0 Å². The average Bonchev–Trinajstić information content (AvgIpc) is 2.37. The molecule has 2 rings (SSSR count). The number of benzene rings is 1. The van der Waals surface area contributed by atoms with Crippen molar-refractivity contribution in [2.45, 2.75) is 13.5 Å². The summed E-state index contributed by atoms with van der Waals surface area (Å²) in [5.74, 6) is 0. The second-order valence-corrected chi connectivity index (χ2v) is 3.70. The molecule has 0 saturated carbocycles. The van der Waals surface area contributed by atoms with Crippen molar-refractivity contribution in [3.05, 3.63) is 36.2 Å². The second kappa shape index (κ2) is 5.64. The van der Waals surface area contributed by atoms with Gasteiger partial charge in [-0.25, -0.2) is 0 Å². The van der Waals surface area contributed by atoms with Crippen LogP contribution >= 0.6 is 12.2 Å². The van der Waals surface area contributed by atoms with Gasteiger partial charge >= 0.3 is 0 Å². The molecule has 0 aliphatic rings. The van der Waals surface area contributed by atoms with Gasteiger partial charge in [0, 0.05) is 23.6 Å². The van der Waals surface area contributed by atoms with Crippen LogP contribution < -0.4 is 0 Å². The van der Waals surface area contributed by atoms with Crippen LogP contribution in [-0.4, -0.2) is 16.8 Å². The number of nitrogens with zero attached hydrogens (tertiary/aromatic N) is 2. The minimum Gasteiger partial charge on any atom is -0.375 e. The molecular formula is C13H12N2OS. The summed E-state index contributed by atoms with van der Waals surface area (Å²) in [6.45, 7) is 3.16.